The number of aromatic amines is 1. The number of carbonyl (C=O) groups excluding carboxylic acids is 1. The van der Waals surface area contributed by atoms with Gasteiger partial charge in [0.1, 0.15) is 5.82 Å². The molecule has 1 aromatic carbocycles. The van der Waals surface area contributed by atoms with Gasteiger partial charge in [-0.2, -0.15) is 0 Å². The van der Waals surface area contributed by atoms with E-state index in [0.717, 1.165) is 6.07 Å². The number of benzene rings is 1. The lowest BCUT2D eigenvalue weighted by atomic mass is 10.1. The average molecular weight is 269 g/mol. The maximum atomic E-state index is 13.4. The van der Waals surface area contributed by atoms with Gasteiger partial charge in [0.15, 0.2) is 17.5 Å². The molecule has 1 unspecified atom stereocenters. The van der Waals surface area contributed by atoms with Crippen LogP contribution < -0.4 is 5.32 Å². The Morgan fingerprint density at radius 2 is 2.05 bits per heavy atom. The lowest BCUT2D eigenvalue weighted by Crippen LogP contribution is -2.28. The van der Waals surface area contributed by atoms with E-state index in [-0.39, 0.29) is 0 Å². The van der Waals surface area contributed by atoms with E-state index >= 15 is 0 Å². The third-order valence-electron chi connectivity index (χ3n) is 2.56. The third-order valence-corrected chi connectivity index (χ3v) is 2.56. The van der Waals surface area contributed by atoms with Crippen molar-refractivity contribution in [2.24, 2.45) is 0 Å². The normalized spacial score (nSPS) is 12.2. The fraction of sp³-hybridized carbons (Fsp3) is 0.167. The summed E-state index contributed by atoms with van der Waals surface area (Å²) in [6.07, 6.45) is 3.06. The standard InChI is InChI=1S/C12H10F3N3O/c1-6(11-16-4-5-17-11)18-12(19)7-2-3-8(13)10(15)9(7)14/h2-6H,1H3,(H,16,17)(H,18,19). The van der Waals surface area contributed by atoms with Crippen molar-refractivity contribution in [2.45, 2.75) is 13.0 Å². The summed E-state index contributed by atoms with van der Waals surface area (Å²) >= 11 is 0. The fourth-order valence-electron chi connectivity index (χ4n) is 1.56. The van der Waals surface area contributed by atoms with E-state index in [9.17, 15) is 18.0 Å². The summed E-state index contributed by atoms with van der Waals surface area (Å²) in [4.78, 5) is 18.4. The molecule has 1 heterocycles. The molecule has 0 saturated carbocycles. The number of nitrogens with one attached hydrogen (secondary N) is 2. The molecule has 2 N–H and O–H groups in total. The Hall–Kier alpha value is -2.31. The molecule has 0 aliphatic rings. The first-order valence-electron chi connectivity index (χ1n) is 5.44. The van der Waals surface area contributed by atoms with Crippen LogP contribution in [0.3, 0.4) is 0 Å². The first-order valence-corrected chi connectivity index (χ1v) is 5.44. The molecule has 4 nitrogen and oxygen atoms in total. The number of aromatic nitrogens is 2. The minimum atomic E-state index is -1.67. The molecule has 2 aromatic rings. The summed E-state index contributed by atoms with van der Waals surface area (Å²) in [6, 6.07) is 1.07. The molecule has 0 spiro atoms. The first kappa shape index (κ1) is 13.1. The largest absolute Gasteiger partial charge is 0.347 e. The van der Waals surface area contributed by atoms with Gasteiger partial charge in [-0.05, 0) is 19.1 Å². The molecule has 0 saturated heterocycles. The number of hydrogen-bond donors (Lipinski definition) is 2. The molecule has 0 aliphatic carbocycles. The zero-order valence-electron chi connectivity index (χ0n) is 9.88. The molecule has 19 heavy (non-hydrogen) atoms. The predicted molar refractivity (Wildman–Crippen MR) is 60.8 cm³/mol. The fourth-order valence-corrected chi connectivity index (χ4v) is 1.56. The summed E-state index contributed by atoms with van der Waals surface area (Å²) in [5.41, 5.74) is -0.558. The van der Waals surface area contributed by atoms with Crippen LogP contribution in [-0.2, 0) is 0 Å². The van der Waals surface area contributed by atoms with Gasteiger partial charge in [0.25, 0.3) is 5.91 Å². The highest BCUT2D eigenvalue weighted by Crippen LogP contribution is 2.16. The number of imidazole rings is 1. The molecular weight excluding hydrogens is 259 g/mol. The van der Waals surface area contributed by atoms with Crippen LogP contribution in [0.15, 0.2) is 24.5 Å². The Morgan fingerprint density at radius 1 is 1.32 bits per heavy atom. The predicted octanol–water partition coefficient (Wildman–Crippen LogP) is 2.32. The molecule has 1 amide bonds. The zero-order valence-corrected chi connectivity index (χ0v) is 9.88. The van der Waals surface area contributed by atoms with Crippen LogP contribution in [0.4, 0.5) is 13.2 Å². The van der Waals surface area contributed by atoms with E-state index in [1.54, 1.807) is 13.1 Å². The van der Waals surface area contributed by atoms with Crippen molar-refractivity contribution in [2.75, 3.05) is 0 Å². The van der Waals surface area contributed by atoms with Crippen molar-refractivity contribution in [3.05, 3.63) is 53.4 Å². The van der Waals surface area contributed by atoms with Gasteiger partial charge in [-0.15, -0.1) is 0 Å². The van der Waals surface area contributed by atoms with E-state index < -0.39 is 35.0 Å². The van der Waals surface area contributed by atoms with Crippen LogP contribution in [0.25, 0.3) is 0 Å². The van der Waals surface area contributed by atoms with Crippen LogP contribution in [0.2, 0.25) is 0 Å². The summed E-state index contributed by atoms with van der Waals surface area (Å²) in [6.45, 7) is 1.62. The molecule has 1 atom stereocenters. The quantitative estimate of drug-likeness (QED) is 0.840. The number of hydrogen-bond acceptors (Lipinski definition) is 2. The second-order valence-corrected chi connectivity index (χ2v) is 3.89. The van der Waals surface area contributed by atoms with E-state index in [2.05, 4.69) is 15.3 Å². The monoisotopic (exact) mass is 269 g/mol. The van der Waals surface area contributed by atoms with Gasteiger partial charge in [-0.1, -0.05) is 0 Å². The van der Waals surface area contributed by atoms with Gasteiger partial charge in [0.05, 0.1) is 11.6 Å². The van der Waals surface area contributed by atoms with Gasteiger partial charge < -0.3 is 10.3 Å². The van der Waals surface area contributed by atoms with Gasteiger partial charge >= 0.3 is 0 Å². The van der Waals surface area contributed by atoms with Gasteiger partial charge in [-0.25, -0.2) is 18.2 Å². The minimum Gasteiger partial charge on any atom is -0.347 e. The molecule has 0 aliphatic heterocycles. The average Bonchev–Trinajstić information content (AvgIpc) is 2.89. The second-order valence-electron chi connectivity index (χ2n) is 3.89. The maximum Gasteiger partial charge on any atom is 0.254 e. The summed E-state index contributed by atoms with van der Waals surface area (Å²) in [7, 11) is 0. The van der Waals surface area contributed by atoms with E-state index in [1.165, 1.54) is 6.20 Å². The molecule has 1 aromatic heterocycles. The van der Waals surface area contributed by atoms with Gasteiger partial charge in [0.2, 0.25) is 0 Å². The van der Waals surface area contributed by atoms with E-state index in [4.69, 9.17) is 0 Å². The Kier molecular flexibility index (Phi) is 3.55. The Bertz CT molecular complexity index is 599. The zero-order chi connectivity index (χ0) is 14.0. The molecule has 2 rings (SSSR count). The highest BCUT2D eigenvalue weighted by molar-refractivity contribution is 5.94. The van der Waals surface area contributed by atoms with Crippen molar-refractivity contribution in [1.29, 1.82) is 0 Å². The second kappa shape index (κ2) is 5.13. The lowest BCUT2D eigenvalue weighted by molar-refractivity contribution is 0.0933. The van der Waals surface area contributed by atoms with E-state index in [1.807, 2.05) is 0 Å². The SMILES string of the molecule is CC(NC(=O)c1ccc(F)c(F)c1F)c1ncc[nH]1. The van der Waals surface area contributed by atoms with Crippen LogP contribution in [0.5, 0.6) is 0 Å². The van der Waals surface area contributed by atoms with Crippen molar-refractivity contribution in [3.63, 3.8) is 0 Å². The van der Waals surface area contributed by atoms with Gasteiger partial charge in [0, 0.05) is 12.4 Å². The summed E-state index contributed by atoms with van der Waals surface area (Å²) < 4.78 is 39.2. The first-order chi connectivity index (χ1) is 9.00. The van der Waals surface area contributed by atoms with E-state index in [0.29, 0.717) is 11.9 Å². The van der Waals surface area contributed by atoms with Crippen molar-refractivity contribution >= 4 is 5.91 Å². The smallest absolute Gasteiger partial charge is 0.254 e. The highest BCUT2D eigenvalue weighted by Gasteiger charge is 2.20. The Morgan fingerprint density at radius 3 is 2.68 bits per heavy atom. The maximum absolute atomic E-state index is 13.4. The summed E-state index contributed by atoms with van der Waals surface area (Å²) in [5, 5.41) is 2.42. The third kappa shape index (κ3) is 2.59. The van der Waals surface area contributed by atoms with Crippen LogP contribution in [-0.4, -0.2) is 15.9 Å². The number of halogens is 3. The summed E-state index contributed by atoms with van der Waals surface area (Å²) in [5.74, 6) is -4.90. The van der Waals surface area contributed by atoms with Crippen LogP contribution in [0, 0.1) is 17.5 Å². The number of amides is 1. The number of nitrogens with zero attached hydrogens (tertiary/aromatic N) is 1. The van der Waals surface area contributed by atoms with Crippen LogP contribution >= 0.6 is 0 Å². The Balaban J connectivity index is 2.19. The Labute approximate surface area is 106 Å². The van der Waals surface area contributed by atoms with Crippen LogP contribution in [0.1, 0.15) is 29.1 Å². The lowest BCUT2D eigenvalue weighted by Gasteiger charge is -2.12. The molecular formula is C12H10F3N3O. The van der Waals surface area contributed by atoms with Gasteiger partial charge in [-0.3, -0.25) is 4.79 Å². The molecule has 100 valence electrons. The highest BCUT2D eigenvalue weighted by atomic mass is 19.2. The van der Waals surface area contributed by atoms with Crippen molar-refractivity contribution in [3.8, 4) is 0 Å². The number of H-pyrrole nitrogens is 1. The topological polar surface area (TPSA) is 57.8 Å². The molecule has 0 fully saturated rings. The molecule has 7 heteroatoms. The minimum absolute atomic E-state index is 0.469. The molecule has 0 radical (unpaired) electrons. The van der Waals surface area contributed by atoms with Crippen molar-refractivity contribution in [1.82, 2.24) is 15.3 Å². The number of carbonyl (C=O) groups is 1. The number of rotatable bonds is 3. The molecule has 0 bridgehead atoms. The van der Waals surface area contributed by atoms with Crippen molar-refractivity contribution < 1.29 is 18.0 Å².